The van der Waals surface area contributed by atoms with E-state index in [4.69, 9.17) is 37.9 Å². The number of hydrogen-bond donors (Lipinski definition) is 6. The van der Waals surface area contributed by atoms with Crippen LogP contribution in [0.5, 0.6) is 23.0 Å². The average Bonchev–Trinajstić information content (AvgIpc) is 1.38. The van der Waals surface area contributed by atoms with Gasteiger partial charge in [-0.1, -0.05) is 255 Å². The van der Waals surface area contributed by atoms with Crippen molar-refractivity contribution in [3.63, 3.8) is 0 Å². The predicted molar refractivity (Wildman–Crippen MR) is 386 cm³/mol. The summed E-state index contributed by atoms with van der Waals surface area (Å²) >= 11 is 0. The number of aromatic hydroxyl groups is 2. The monoisotopic (exact) mass is 1340 g/mol. The molecule has 13 rings (SSSR count). The molecule has 0 unspecified atom stereocenters. The van der Waals surface area contributed by atoms with Crippen LogP contribution in [0.25, 0.3) is 0 Å². The quantitative estimate of drug-likeness (QED) is 0.0250. The van der Waals surface area contributed by atoms with E-state index in [2.05, 4.69) is 10.6 Å². The van der Waals surface area contributed by atoms with E-state index in [1.54, 1.807) is 0 Å². The molecule has 6 N–H and O–H groups in total. The molecule has 10 aromatic rings. The maximum absolute atomic E-state index is 12.4. The van der Waals surface area contributed by atoms with Crippen molar-refractivity contribution in [1.29, 1.82) is 0 Å². The smallest absolute Gasteiger partial charge is 0.126 e. The van der Waals surface area contributed by atoms with Gasteiger partial charge >= 0.3 is 0 Å². The Morgan fingerprint density at radius 1 is 0.290 bits per heavy atom. The molecule has 14 nitrogen and oxygen atoms in total. The van der Waals surface area contributed by atoms with Crippen molar-refractivity contribution >= 4 is 0 Å². The molecule has 10 atom stereocenters. The average molecular weight is 1340 g/mol. The van der Waals surface area contributed by atoms with Gasteiger partial charge in [-0.3, -0.25) is 0 Å². The largest absolute Gasteiger partial charge is 0.507 e. The zero-order chi connectivity index (χ0) is 68.2. The summed E-state index contributed by atoms with van der Waals surface area (Å²) in [4.78, 5) is 0. The number of hydrogen-bond acceptors (Lipinski definition) is 14. The topological polar surface area (TPSA) is 179 Å². The van der Waals surface area contributed by atoms with Crippen LogP contribution in [0.4, 0.5) is 0 Å². The lowest BCUT2D eigenvalue weighted by Crippen LogP contribution is -2.40. The highest BCUT2D eigenvalue weighted by atomic mass is 16.6. The van der Waals surface area contributed by atoms with Crippen LogP contribution in [0.1, 0.15) is 90.7 Å². The van der Waals surface area contributed by atoms with Crippen LogP contribution in [-0.4, -0.2) is 108 Å². The number of phenols is 2. The van der Waals surface area contributed by atoms with Crippen LogP contribution in [0.15, 0.2) is 255 Å². The molecule has 1 aliphatic carbocycles. The van der Waals surface area contributed by atoms with Gasteiger partial charge in [0.25, 0.3) is 0 Å². The number of aliphatic hydroxyl groups excluding tert-OH is 2. The minimum absolute atomic E-state index is 0.0589. The molecule has 516 valence electrons. The molecular weight excluding hydrogens is 1250 g/mol. The molecule has 0 radical (unpaired) electrons. The minimum atomic E-state index is -0.965. The van der Waals surface area contributed by atoms with Crippen molar-refractivity contribution in [3.8, 4) is 23.0 Å². The molecule has 0 amide bonds. The third kappa shape index (κ3) is 18.5. The second-order valence-electron chi connectivity index (χ2n) is 26.6. The van der Waals surface area contributed by atoms with Crippen LogP contribution in [0.3, 0.4) is 0 Å². The number of para-hydroxylation sites is 4. The molecule has 2 saturated heterocycles. The number of aliphatic hydroxyl groups is 2. The molecule has 3 aliphatic rings. The fraction of sp³-hybridized carbons (Fsp3) is 0.302. The Morgan fingerprint density at radius 2 is 0.530 bits per heavy atom. The van der Waals surface area contributed by atoms with Crippen LogP contribution >= 0.6 is 0 Å². The normalized spacial score (nSPS) is 20.2. The first kappa shape index (κ1) is 69.5. The Hall–Kier alpha value is -9.00. The molecule has 2 fully saturated rings. The van der Waals surface area contributed by atoms with E-state index in [0.717, 1.165) is 55.6 Å². The Bertz CT molecular complexity index is 3780. The first-order valence-electron chi connectivity index (χ1n) is 35.0. The van der Waals surface area contributed by atoms with Crippen molar-refractivity contribution in [3.05, 3.63) is 333 Å². The highest BCUT2D eigenvalue weighted by Crippen LogP contribution is 2.39. The standard InChI is InChI=1S/C86H90N2O12/c89-73(47-75-83(95-51-61-27-11-3-12-28-61)85(97-53-63-31-15-5-16-32-63)77(87-75)57-93-49-59-23-7-1-8-24-59)55-99-81-69-39-21-40-70(81)44-66-36-20-38-68(80(66)92)46-72-42-22-41-71(45-67-37-19-35-65(43-69)79(67)91)82(72)100-56-74(90)48-76-84(96-52-62-29-13-4-14-30-62)86(98-54-64-33-17-6-18-34-64)78(88-76)58-94-50-60-25-9-2-10-26-60/h1-42,73-78,83-92H,43-58H2/t73-,74-,75-,76-,77-,78-,83-,84-,85-,86-/m1/s1. The molecule has 14 heteroatoms. The summed E-state index contributed by atoms with van der Waals surface area (Å²) in [5.74, 6) is 1.43. The fourth-order valence-electron chi connectivity index (χ4n) is 14.2. The van der Waals surface area contributed by atoms with E-state index in [1.807, 2.05) is 255 Å². The van der Waals surface area contributed by atoms with E-state index in [1.165, 1.54) is 0 Å². The van der Waals surface area contributed by atoms with E-state index in [-0.39, 0.29) is 61.7 Å². The number of fused-ring (bicyclic) bond motifs is 8. The second-order valence-corrected chi connectivity index (χ2v) is 26.6. The third-order valence-corrected chi connectivity index (χ3v) is 19.2. The van der Waals surface area contributed by atoms with Crippen LogP contribution in [0.2, 0.25) is 0 Å². The number of rotatable bonds is 30. The van der Waals surface area contributed by atoms with E-state index < -0.39 is 36.6 Å². The van der Waals surface area contributed by atoms with Gasteiger partial charge in [0.1, 0.15) is 60.6 Å². The zero-order valence-corrected chi connectivity index (χ0v) is 56.4. The van der Waals surface area contributed by atoms with E-state index in [0.29, 0.717) is 112 Å². The van der Waals surface area contributed by atoms with Crippen molar-refractivity contribution < 1.29 is 58.3 Å². The lowest BCUT2D eigenvalue weighted by Gasteiger charge is -2.27. The Balaban J connectivity index is 0.737. The molecule has 2 aliphatic heterocycles. The molecule has 0 spiro atoms. The minimum Gasteiger partial charge on any atom is -0.507 e. The van der Waals surface area contributed by atoms with Gasteiger partial charge in [-0.05, 0) is 90.7 Å². The first-order chi connectivity index (χ1) is 49.2. The Labute approximate surface area is 587 Å². The Kier molecular flexibility index (Phi) is 24.2. The molecular formula is C86H90N2O12. The molecule has 100 heavy (non-hydrogen) atoms. The van der Waals surface area contributed by atoms with Crippen molar-refractivity contribution in [2.45, 2.75) is 139 Å². The van der Waals surface area contributed by atoms with Gasteiger partial charge in [-0.2, -0.15) is 0 Å². The van der Waals surface area contributed by atoms with Crippen molar-refractivity contribution in [2.24, 2.45) is 0 Å². The summed E-state index contributed by atoms with van der Waals surface area (Å²) in [7, 11) is 0. The van der Waals surface area contributed by atoms with Crippen LogP contribution in [0, 0.1) is 0 Å². The highest BCUT2D eigenvalue weighted by molar-refractivity contribution is 5.55. The zero-order valence-electron chi connectivity index (χ0n) is 56.4. The number of ether oxygens (including phenoxy) is 8. The number of nitrogens with one attached hydrogen (secondary N) is 2. The van der Waals surface area contributed by atoms with Crippen molar-refractivity contribution in [1.82, 2.24) is 10.6 Å². The highest BCUT2D eigenvalue weighted by Gasteiger charge is 2.47. The first-order valence-corrected chi connectivity index (χ1v) is 35.0. The molecule has 0 saturated carbocycles. The third-order valence-electron chi connectivity index (χ3n) is 19.2. The van der Waals surface area contributed by atoms with Gasteiger partial charge in [0.05, 0.1) is 77.1 Å². The summed E-state index contributed by atoms with van der Waals surface area (Å²) in [6.07, 6.45) is -1.98. The van der Waals surface area contributed by atoms with Crippen molar-refractivity contribution in [2.75, 3.05) is 26.4 Å². The SMILES string of the molecule is Oc1c2cccc1Cc1cccc(c1OC[C@H](O)C[C@H]1N[C@H](COCc3ccccc3)[C@@H](OCc3ccccc3)[C@@H]1OCc1ccccc1)Cc1cccc(c1O)Cc1cccc(c1OC[C@H](O)C[C@H]1N[C@H](COCc3ccccc3)[C@@H](OCc3ccccc3)[C@@H]1OCc1ccccc1)C2. The fourth-order valence-corrected chi connectivity index (χ4v) is 14.2. The van der Waals surface area contributed by atoms with E-state index >= 15 is 0 Å². The van der Waals surface area contributed by atoms with Crippen LogP contribution in [-0.2, 0) is 93.7 Å². The summed E-state index contributed by atoms with van der Waals surface area (Å²) in [6, 6.07) is 82.9. The van der Waals surface area contributed by atoms with E-state index in [9.17, 15) is 20.4 Å². The molecule has 2 heterocycles. The lowest BCUT2D eigenvalue weighted by atomic mass is 9.91. The van der Waals surface area contributed by atoms with Gasteiger partial charge in [0.2, 0.25) is 0 Å². The summed E-state index contributed by atoms with van der Waals surface area (Å²) in [6.45, 7) is 2.86. The molecule has 0 aromatic heterocycles. The molecule has 10 aromatic carbocycles. The van der Waals surface area contributed by atoms with Gasteiger partial charge in [0, 0.05) is 37.8 Å². The second kappa shape index (κ2) is 34.9. The summed E-state index contributed by atoms with van der Waals surface area (Å²) in [5, 5.41) is 57.0. The Morgan fingerprint density at radius 3 is 0.800 bits per heavy atom. The maximum atomic E-state index is 12.4. The predicted octanol–water partition coefficient (Wildman–Crippen LogP) is 13.5. The maximum Gasteiger partial charge on any atom is 0.126 e. The number of phenolic OH excluding ortho intramolecular Hbond substituents is 2. The van der Waals surface area contributed by atoms with Gasteiger partial charge in [-0.15, -0.1) is 0 Å². The summed E-state index contributed by atoms with van der Waals surface area (Å²) in [5.41, 5.74) is 12.2. The van der Waals surface area contributed by atoms with Gasteiger partial charge in [0.15, 0.2) is 0 Å². The lowest BCUT2D eigenvalue weighted by molar-refractivity contribution is -0.0887. The van der Waals surface area contributed by atoms with Gasteiger partial charge < -0.3 is 69.0 Å². The van der Waals surface area contributed by atoms with Gasteiger partial charge in [-0.25, -0.2) is 0 Å². The summed E-state index contributed by atoms with van der Waals surface area (Å²) < 4.78 is 53.9. The number of benzene rings is 10. The molecule has 8 bridgehead atoms. The van der Waals surface area contributed by atoms with Crippen LogP contribution < -0.4 is 20.1 Å².